The molecule has 0 spiro atoms. The molecule has 1 unspecified atom stereocenters. The Morgan fingerprint density at radius 2 is 0.549 bits per heavy atom. The van der Waals surface area contributed by atoms with Gasteiger partial charge in [-0.05, 0) is 109 Å². The molecule has 0 aliphatic carbocycles. The second-order valence-corrected chi connectivity index (χ2v) is 18.8. The molecular weight excluding hydrogens is 877 g/mol. The molecule has 0 radical (unpaired) electrons. The number of rotatable bonds is 51. The maximum Gasteiger partial charge on any atom is 0.306 e. The summed E-state index contributed by atoms with van der Waals surface area (Å²) < 4.78 is 16.7. The summed E-state index contributed by atoms with van der Waals surface area (Å²) in [7, 11) is 0. The molecule has 6 heteroatoms. The van der Waals surface area contributed by atoms with Gasteiger partial charge in [-0.15, -0.1) is 0 Å². The largest absolute Gasteiger partial charge is 0.462 e. The van der Waals surface area contributed by atoms with Crippen molar-refractivity contribution in [2.24, 2.45) is 0 Å². The number of hydrogen-bond acceptors (Lipinski definition) is 6. The van der Waals surface area contributed by atoms with E-state index in [9.17, 15) is 14.4 Å². The zero-order valence-corrected chi connectivity index (χ0v) is 45.9. The Hall–Kier alpha value is -4.19. The van der Waals surface area contributed by atoms with E-state index in [1.54, 1.807) is 0 Å². The molecule has 0 amide bonds. The van der Waals surface area contributed by atoms with Gasteiger partial charge in [-0.1, -0.05) is 245 Å². The minimum absolute atomic E-state index is 0.0959. The van der Waals surface area contributed by atoms with E-state index in [0.717, 1.165) is 128 Å². The highest BCUT2D eigenvalue weighted by Gasteiger charge is 2.19. The standard InChI is InChI=1S/C65H106O6/c1-4-7-10-13-15-17-19-21-23-24-25-26-27-28-29-30-31-32-33-34-35-36-37-38-39-40-42-43-45-47-49-52-55-58-64(67)70-61-62(60-69-63(66)57-54-51-12-9-6-3)71-65(68)59-56-53-50-48-46-44-41-22-20-18-16-14-11-8-5-2/h7-8,10-11,15-18,21-23,25-26,28-29,31-32,41,46,48,62H,4-6,9,12-14,19-20,24,27,30,33-40,42-45,47,49-61H2,1-3H3/b10-7-,11-8-,17-15-,18-16-,23-21-,26-25-,29-28-,32-31-,41-22-,48-46-. The van der Waals surface area contributed by atoms with E-state index in [1.165, 1.54) is 77.0 Å². The van der Waals surface area contributed by atoms with E-state index >= 15 is 0 Å². The van der Waals surface area contributed by atoms with Gasteiger partial charge in [-0.2, -0.15) is 0 Å². The third kappa shape index (κ3) is 56.6. The van der Waals surface area contributed by atoms with Crippen molar-refractivity contribution >= 4 is 17.9 Å². The number of hydrogen-bond donors (Lipinski definition) is 0. The Balaban J connectivity index is 4.03. The Morgan fingerprint density at radius 1 is 0.296 bits per heavy atom. The van der Waals surface area contributed by atoms with Gasteiger partial charge in [0.05, 0.1) is 0 Å². The topological polar surface area (TPSA) is 78.9 Å². The van der Waals surface area contributed by atoms with E-state index in [0.29, 0.717) is 19.3 Å². The first-order valence-electron chi connectivity index (χ1n) is 29.0. The van der Waals surface area contributed by atoms with Crippen molar-refractivity contribution in [3.8, 4) is 0 Å². The molecule has 0 N–H and O–H groups in total. The molecule has 71 heavy (non-hydrogen) atoms. The van der Waals surface area contributed by atoms with E-state index in [1.807, 2.05) is 0 Å². The predicted molar refractivity (Wildman–Crippen MR) is 306 cm³/mol. The molecule has 0 aliphatic heterocycles. The summed E-state index contributed by atoms with van der Waals surface area (Å²) in [5.74, 6) is -0.955. The summed E-state index contributed by atoms with van der Waals surface area (Å²) in [6.45, 7) is 6.28. The number of allylic oxidation sites excluding steroid dienone is 20. The first-order valence-corrected chi connectivity index (χ1v) is 29.0. The average molecular weight is 984 g/mol. The summed E-state index contributed by atoms with van der Waals surface area (Å²) in [4.78, 5) is 37.7. The van der Waals surface area contributed by atoms with Gasteiger partial charge in [0, 0.05) is 19.3 Å². The molecule has 0 saturated heterocycles. The Bertz CT molecular complexity index is 1500. The molecule has 0 aromatic carbocycles. The monoisotopic (exact) mass is 983 g/mol. The number of carbonyl (C=O) groups excluding carboxylic acids is 3. The van der Waals surface area contributed by atoms with Crippen LogP contribution in [-0.2, 0) is 28.6 Å². The van der Waals surface area contributed by atoms with Crippen molar-refractivity contribution in [2.45, 2.75) is 258 Å². The second kappa shape index (κ2) is 58.4. The van der Waals surface area contributed by atoms with Crippen molar-refractivity contribution in [1.82, 2.24) is 0 Å². The van der Waals surface area contributed by atoms with Crippen LogP contribution in [0.4, 0.5) is 0 Å². The fourth-order valence-corrected chi connectivity index (χ4v) is 7.67. The van der Waals surface area contributed by atoms with Crippen LogP contribution < -0.4 is 0 Å². The van der Waals surface area contributed by atoms with Crippen LogP contribution >= 0.6 is 0 Å². The van der Waals surface area contributed by atoms with Crippen LogP contribution in [0.3, 0.4) is 0 Å². The first-order chi connectivity index (χ1) is 35.0. The van der Waals surface area contributed by atoms with Crippen molar-refractivity contribution in [2.75, 3.05) is 13.2 Å². The maximum atomic E-state index is 12.7. The predicted octanol–water partition coefficient (Wildman–Crippen LogP) is 19.6. The molecule has 6 nitrogen and oxygen atoms in total. The average Bonchev–Trinajstić information content (AvgIpc) is 3.37. The minimum atomic E-state index is -0.797. The lowest BCUT2D eigenvalue weighted by atomic mass is 10.0. The van der Waals surface area contributed by atoms with E-state index < -0.39 is 6.10 Å². The zero-order valence-electron chi connectivity index (χ0n) is 45.9. The van der Waals surface area contributed by atoms with E-state index in [-0.39, 0.29) is 37.5 Å². The molecule has 0 aromatic heterocycles. The summed E-state index contributed by atoms with van der Waals surface area (Å²) in [5, 5.41) is 0. The number of esters is 3. The van der Waals surface area contributed by atoms with Gasteiger partial charge in [-0.25, -0.2) is 0 Å². The second-order valence-electron chi connectivity index (χ2n) is 18.8. The Kier molecular flexibility index (Phi) is 54.9. The van der Waals surface area contributed by atoms with Crippen molar-refractivity contribution < 1.29 is 28.6 Å². The van der Waals surface area contributed by atoms with Gasteiger partial charge < -0.3 is 14.2 Å². The molecule has 0 aromatic rings. The molecule has 402 valence electrons. The lowest BCUT2D eigenvalue weighted by Gasteiger charge is -2.18. The van der Waals surface area contributed by atoms with Gasteiger partial charge in [-0.3, -0.25) is 14.4 Å². The van der Waals surface area contributed by atoms with Gasteiger partial charge >= 0.3 is 17.9 Å². The summed E-state index contributed by atoms with van der Waals surface area (Å²) in [6, 6.07) is 0. The lowest BCUT2D eigenvalue weighted by Crippen LogP contribution is -2.30. The lowest BCUT2D eigenvalue weighted by molar-refractivity contribution is -0.167. The van der Waals surface area contributed by atoms with Crippen molar-refractivity contribution in [3.63, 3.8) is 0 Å². The van der Waals surface area contributed by atoms with Gasteiger partial charge in [0.25, 0.3) is 0 Å². The van der Waals surface area contributed by atoms with Crippen molar-refractivity contribution in [3.05, 3.63) is 122 Å². The molecule has 1 atom stereocenters. The fourth-order valence-electron chi connectivity index (χ4n) is 7.67. The quantitative estimate of drug-likeness (QED) is 0.0261. The zero-order chi connectivity index (χ0) is 51.4. The summed E-state index contributed by atoms with van der Waals surface area (Å²) in [6.07, 6.45) is 81.1. The van der Waals surface area contributed by atoms with Gasteiger partial charge in [0.1, 0.15) is 13.2 Å². The SMILES string of the molecule is CC/C=C\C/C=C\C/C=C\C/C=C\C/C=C\C/C=C\CCCCCCCCCCCCCCCCC(=O)OCC(COC(=O)CCCCCCC)OC(=O)CCCC/C=C\C/C=C\C/C=C\C/C=C\CC. The number of ether oxygens (including phenoxy) is 3. The van der Waals surface area contributed by atoms with E-state index in [2.05, 4.69) is 142 Å². The fraction of sp³-hybridized carbons (Fsp3) is 0.646. The molecule has 0 rings (SSSR count). The van der Waals surface area contributed by atoms with Crippen LogP contribution in [0.5, 0.6) is 0 Å². The summed E-state index contributed by atoms with van der Waals surface area (Å²) in [5.41, 5.74) is 0. The van der Waals surface area contributed by atoms with Crippen LogP contribution in [0.15, 0.2) is 122 Å². The van der Waals surface area contributed by atoms with Gasteiger partial charge in [0.2, 0.25) is 0 Å². The smallest absolute Gasteiger partial charge is 0.306 e. The Morgan fingerprint density at radius 3 is 0.887 bits per heavy atom. The first kappa shape index (κ1) is 66.8. The normalized spacial score (nSPS) is 13.0. The maximum absolute atomic E-state index is 12.7. The molecule has 0 saturated carbocycles. The molecule has 0 fully saturated rings. The van der Waals surface area contributed by atoms with Crippen LogP contribution in [0, 0.1) is 0 Å². The number of carbonyl (C=O) groups is 3. The minimum Gasteiger partial charge on any atom is -0.462 e. The highest BCUT2D eigenvalue weighted by molar-refractivity contribution is 5.71. The third-order valence-corrected chi connectivity index (χ3v) is 12.0. The van der Waals surface area contributed by atoms with Crippen LogP contribution in [0.25, 0.3) is 0 Å². The molecule has 0 heterocycles. The van der Waals surface area contributed by atoms with Crippen LogP contribution in [0.2, 0.25) is 0 Å². The van der Waals surface area contributed by atoms with Gasteiger partial charge in [0.15, 0.2) is 6.10 Å². The third-order valence-electron chi connectivity index (χ3n) is 12.0. The molecule has 0 aliphatic rings. The van der Waals surface area contributed by atoms with E-state index in [4.69, 9.17) is 14.2 Å². The number of unbranched alkanes of at least 4 members (excludes halogenated alkanes) is 20. The van der Waals surface area contributed by atoms with Crippen LogP contribution in [-0.4, -0.2) is 37.2 Å². The van der Waals surface area contributed by atoms with Crippen molar-refractivity contribution in [1.29, 1.82) is 0 Å². The molecular formula is C65H106O6. The summed E-state index contributed by atoms with van der Waals surface area (Å²) >= 11 is 0. The molecule has 0 bridgehead atoms. The Labute approximate surface area is 437 Å². The highest BCUT2D eigenvalue weighted by Crippen LogP contribution is 2.15. The highest BCUT2D eigenvalue weighted by atomic mass is 16.6. The van der Waals surface area contributed by atoms with Crippen LogP contribution in [0.1, 0.15) is 252 Å².